The van der Waals surface area contributed by atoms with Crippen molar-refractivity contribution in [3.8, 4) is 0 Å². The SMILES string of the molecule is Cc1cc(C)c(CC(=O)c2ncc(Cl)cc2Cl)c(C)c1. The number of carbonyl (C=O) groups is 1. The number of pyridine rings is 1. The van der Waals surface area contributed by atoms with E-state index in [1.165, 1.54) is 17.8 Å². The topological polar surface area (TPSA) is 30.0 Å². The Bertz CT molecular complexity index is 657. The first-order valence-corrected chi connectivity index (χ1v) is 7.05. The van der Waals surface area contributed by atoms with E-state index in [2.05, 4.69) is 17.1 Å². The van der Waals surface area contributed by atoms with Crippen LogP contribution < -0.4 is 0 Å². The fourth-order valence-electron chi connectivity index (χ4n) is 2.35. The van der Waals surface area contributed by atoms with E-state index in [1.54, 1.807) is 0 Å². The van der Waals surface area contributed by atoms with Gasteiger partial charge < -0.3 is 0 Å². The van der Waals surface area contributed by atoms with E-state index < -0.39 is 0 Å². The maximum Gasteiger partial charge on any atom is 0.187 e. The maximum atomic E-state index is 12.3. The summed E-state index contributed by atoms with van der Waals surface area (Å²) in [4.78, 5) is 16.4. The Morgan fingerprint density at radius 2 is 1.70 bits per heavy atom. The molecule has 0 fully saturated rings. The van der Waals surface area contributed by atoms with E-state index >= 15 is 0 Å². The lowest BCUT2D eigenvalue weighted by Crippen LogP contribution is -2.09. The number of benzene rings is 1. The maximum absolute atomic E-state index is 12.3. The number of ketones is 1. The molecule has 0 saturated carbocycles. The molecular weight excluding hydrogens is 293 g/mol. The molecule has 0 aliphatic heterocycles. The molecule has 2 nitrogen and oxygen atoms in total. The molecule has 0 N–H and O–H groups in total. The average molecular weight is 308 g/mol. The van der Waals surface area contributed by atoms with E-state index in [9.17, 15) is 4.79 Å². The molecule has 0 amide bonds. The molecule has 1 aromatic carbocycles. The Morgan fingerprint density at radius 3 is 2.25 bits per heavy atom. The predicted molar refractivity (Wildman–Crippen MR) is 82.9 cm³/mol. The summed E-state index contributed by atoms with van der Waals surface area (Å²) in [5, 5.41) is 0.721. The zero-order chi connectivity index (χ0) is 14.9. The molecule has 0 aliphatic carbocycles. The van der Waals surface area contributed by atoms with Crippen molar-refractivity contribution in [1.29, 1.82) is 0 Å². The molecule has 20 heavy (non-hydrogen) atoms. The molecule has 0 unspecified atom stereocenters. The molecule has 0 atom stereocenters. The van der Waals surface area contributed by atoms with E-state index in [1.807, 2.05) is 20.8 Å². The van der Waals surface area contributed by atoms with Gasteiger partial charge in [0, 0.05) is 12.6 Å². The molecule has 1 heterocycles. The van der Waals surface area contributed by atoms with Gasteiger partial charge in [-0.15, -0.1) is 0 Å². The van der Waals surface area contributed by atoms with Crippen LogP contribution in [0.25, 0.3) is 0 Å². The average Bonchev–Trinajstić information content (AvgIpc) is 2.33. The predicted octanol–water partition coefficient (Wildman–Crippen LogP) is 4.74. The van der Waals surface area contributed by atoms with Gasteiger partial charge in [-0.05, 0) is 43.5 Å². The quantitative estimate of drug-likeness (QED) is 0.767. The summed E-state index contributed by atoms with van der Waals surface area (Å²) in [6.45, 7) is 6.07. The van der Waals surface area contributed by atoms with Crippen molar-refractivity contribution < 1.29 is 4.79 Å². The van der Waals surface area contributed by atoms with Crippen LogP contribution in [0.2, 0.25) is 10.0 Å². The number of hydrogen-bond acceptors (Lipinski definition) is 2. The Hall–Kier alpha value is -1.38. The minimum Gasteiger partial charge on any atom is -0.292 e. The number of aromatic nitrogens is 1. The first kappa shape index (κ1) is 15.0. The molecule has 2 aromatic rings. The van der Waals surface area contributed by atoms with Gasteiger partial charge in [-0.3, -0.25) is 4.79 Å². The molecule has 0 aliphatic rings. The van der Waals surface area contributed by atoms with Gasteiger partial charge in [0.05, 0.1) is 10.0 Å². The van der Waals surface area contributed by atoms with E-state index in [4.69, 9.17) is 23.2 Å². The van der Waals surface area contributed by atoms with Gasteiger partial charge in [0.25, 0.3) is 0 Å². The van der Waals surface area contributed by atoms with Crippen LogP contribution >= 0.6 is 23.2 Å². The largest absolute Gasteiger partial charge is 0.292 e. The number of aryl methyl sites for hydroxylation is 3. The number of Topliss-reactive ketones (excluding diaryl/α,β-unsaturated/α-hetero) is 1. The Labute approximate surface area is 128 Å². The highest BCUT2D eigenvalue weighted by Gasteiger charge is 2.15. The van der Waals surface area contributed by atoms with Crippen LogP contribution in [0.1, 0.15) is 32.7 Å². The molecule has 2 rings (SSSR count). The minimum atomic E-state index is -0.0956. The molecule has 0 spiro atoms. The lowest BCUT2D eigenvalue weighted by atomic mass is 9.95. The normalized spacial score (nSPS) is 10.7. The Balaban J connectivity index is 2.33. The number of carbonyl (C=O) groups excluding carboxylic acids is 1. The second-order valence-corrected chi connectivity index (χ2v) is 5.80. The third kappa shape index (κ3) is 3.20. The fraction of sp³-hybridized carbons (Fsp3) is 0.250. The number of rotatable bonds is 3. The smallest absolute Gasteiger partial charge is 0.187 e. The second kappa shape index (κ2) is 5.94. The lowest BCUT2D eigenvalue weighted by Gasteiger charge is -2.11. The van der Waals surface area contributed by atoms with Gasteiger partial charge in [-0.1, -0.05) is 40.9 Å². The van der Waals surface area contributed by atoms with Gasteiger partial charge in [-0.2, -0.15) is 0 Å². The Morgan fingerprint density at radius 1 is 1.10 bits per heavy atom. The van der Waals surface area contributed by atoms with Gasteiger partial charge in [-0.25, -0.2) is 4.98 Å². The molecule has 0 radical (unpaired) electrons. The first-order valence-electron chi connectivity index (χ1n) is 6.29. The van der Waals surface area contributed by atoms with Crippen molar-refractivity contribution >= 4 is 29.0 Å². The van der Waals surface area contributed by atoms with Crippen molar-refractivity contribution in [2.24, 2.45) is 0 Å². The fourth-order valence-corrected chi connectivity index (χ4v) is 2.84. The summed E-state index contributed by atoms with van der Waals surface area (Å²) in [6.07, 6.45) is 1.74. The molecule has 0 saturated heterocycles. The van der Waals surface area contributed by atoms with Crippen LogP contribution in [-0.2, 0) is 6.42 Å². The summed E-state index contributed by atoms with van der Waals surface area (Å²) in [7, 11) is 0. The van der Waals surface area contributed by atoms with Crippen LogP contribution in [0.5, 0.6) is 0 Å². The summed E-state index contributed by atoms with van der Waals surface area (Å²) in [6, 6.07) is 5.69. The van der Waals surface area contributed by atoms with Gasteiger partial charge >= 0.3 is 0 Å². The summed E-state index contributed by atoms with van der Waals surface area (Å²) < 4.78 is 0. The summed E-state index contributed by atoms with van der Waals surface area (Å²) >= 11 is 11.8. The number of hydrogen-bond donors (Lipinski definition) is 0. The van der Waals surface area contributed by atoms with Gasteiger partial charge in [0.2, 0.25) is 0 Å². The van der Waals surface area contributed by atoms with Crippen molar-refractivity contribution in [3.63, 3.8) is 0 Å². The molecule has 0 bridgehead atoms. The van der Waals surface area contributed by atoms with Crippen LogP contribution in [-0.4, -0.2) is 10.8 Å². The summed E-state index contributed by atoms with van der Waals surface area (Å²) in [5.41, 5.74) is 4.73. The van der Waals surface area contributed by atoms with Crippen LogP contribution in [0.3, 0.4) is 0 Å². The van der Waals surface area contributed by atoms with Crippen LogP contribution in [0, 0.1) is 20.8 Å². The monoisotopic (exact) mass is 307 g/mol. The zero-order valence-electron chi connectivity index (χ0n) is 11.6. The molecule has 4 heteroatoms. The molecule has 1 aromatic heterocycles. The third-order valence-corrected chi connectivity index (χ3v) is 3.74. The second-order valence-electron chi connectivity index (χ2n) is 4.96. The van der Waals surface area contributed by atoms with E-state index in [-0.39, 0.29) is 11.5 Å². The van der Waals surface area contributed by atoms with Crippen LogP contribution in [0.4, 0.5) is 0 Å². The third-order valence-electron chi connectivity index (χ3n) is 3.25. The highest BCUT2D eigenvalue weighted by Crippen LogP contribution is 2.22. The zero-order valence-corrected chi connectivity index (χ0v) is 13.1. The van der Waals surface area contributed by atoms with Crippen molar-refractivity contribution in [1.82, 2.24) is 4.98 Å². The van der Waals surface area contributed by atoms with Gasteiger partial charge in [0.1, 0.15) is 5.69 Å². The minimum absolute atomic E-state index is 0.0956. The van der Waals surface area contributed by atoms with Crippen LogP contribution in [0.15, 0.2) is 24.4 Å². The van der Waals surface area contributed by atoms with E-state index in [0.29, 0.717) is 16.5 Å². The number of halogens is 2. The highest BCUT2D eigenvalue weighted by atomic mass is 35.5. The van der Waals surface area contributed by atoms with Crippen molar-refractivity contribution in [2.45, 2.75) is 27.2 Å². The van der Waals surface area contributed by atoms with Crippen molar-refractivity contribution in [3.05, 3.63) is 62.4 Å². The highest BCUT2D eigenvalue weighted by molar-refractivity contribution is 6.36. The van der Waals surface area contributed by atoms with Crippen molar-refractivity contribution in [2.75, 3.05) is 0 Å². The number of nitrogens with zero attached hydrogens (tertiary/aromatic N) is 1. The van der Waals surface area contributed by atoms with Gasteiger partial charge in [0.15, 0.2) is 5.78 Å². The van der Waals surface area contributed by atoms with E-state index in [0.717, 1.165) is 16.7 Å². The Kier molecular flexibility index (Phi) is 4.46. The standard InChI is InChI=1S/C16H15Cl2NO/c1-9-4-10(2)13(11(3)5-9)7-15(20)16-14(18)6-12(17)8-19-16/h4-6,8H,7H2,1-3H3. The first-order chi connectivity index (χ1) is 9.38. The molecule has 104 valence electrons. The molecular formula is C16H15Cl2NO. The lowest BCUT2D eigenvalue weighted by molar-refractivity contribution is 0.0988. The summed E-state index contributed by atoms with van der Waals surface area (Å²) in [5.74, 6) is -0.0956.